The number of hydrogen-bond acceptors (Lipinski definition) is 0. The molecule has 0 radical (unpaired) electrons. The molecule has 0 atom stereocenters. The van der Waals surface area contributed by atoms with Crippen LogP contribution >= 0.6 is 0 Å². The van der Waals surface area contributed by atoms with Crippen LogP contribution < -0.4 is 0 Å². The van der Waals surface area contributed by atoms with Crippen molar-refractivity contribution in [2.75, 3.05) is 0 Å². The Morgan fingerprint density at radius 3 is 1.57 bits per heavy atom. The summed E-state index contributed by atoms with van der Waals surface area (Å²) < 4.78 is 0. The average Bonchev–Trinajstić information content (AvgIpc) is 2.16. The standard InChI is InChI=1S/C14H22/c1-13-9-5-3-4-6-10-14(2)12-8-7-11-13/h3-4,11-12H,5-10H2,1-2H3/b4-3-,13-11-,14-12-. The molecule has 0 unspecified atom stereocenters. The smallest absolute Gasteiger partial charge is 0.0288 e. The maximum absolute atomic E-state index is 2.39. The SMILES string of the molecule is C/C1=C/CC/C=C(/C)CC/C=C\CC1. The minimum Gasteiger partial charge on any atom is -0.0882 e. The highest BCUT2D eigenvalue weighted by atomic mass is 14.0. The van der Waals surface area contributed by atoms with Crippen LogP contribution in [0.25, 0.3) is 0 Å². The lowest BCUT2D eigenvalue weighted by Gasteiger charge is -2.01. The van der Waals surface area contributed by atoms with Crippen molar-refractivity contribution in [3.05, 3.63) is 35.5 Å². The summed E-state index contributed by atoms with van der Waals surface area (Å²) in [5.74, 6) is 0. The summed E-state index contributed by atoms with van der Waals surface area (Å²) in [6.45, 7) is 4.49. The lowest BCUT2D eigenvalue weighted by atomic mass is 10.1. The van der Waals surface area contributed by atoms with E-state index in [9.17, 15) is 0 Å². The fourth-order valence-electron chi connectivity index (χ4n) is 1.72. The van der Waals surface area contributed by atoms with Gasteiger partial charge in [0.25, 0.3) is 0 Å². The van der Waals surface area contributed by atoms with Crippen molar-refractivity contribution >= 4 is 0 Å². The van der Waals surface area contributed by atoms with Gasteiger partial charge in [-0.1, -0.05) is 35.5 Å². The van der Waals surface area contributed by atoms with Crippen molar-refractivity contribution in [3.8, 4) is 0 Å². The summed E-state index contributed by atoms with van der Waals surface area (Å²) in [5, 5.41) is 0. The van der Waals surface area contributed by atoms with Crippen LogP contribution in [0.3, 0.4) is 0 Å². The van der Waals surface area contributed by atoms with E-state index < -0.39 is 0 Å². The highest BCUT2D eigenvalue weighted by molar-refractivity contribution is 5.05. The zero-order valence-corrected chi connectivity index (χ0v) is 9.55. The van der Waals surface area contributed by atoms with E-state index in [1.165, 1.54) is 38.5 Å². The molecule has 0 aromatic heterocycles. The van der Waals surface area contributed by atoms with E-state index in [0.29, 0.717) is 0 Å². The third kappa shape index (κ3) is 5.06. The van der Waals surface area contributed by atoms with Crippen molar-refractivity contribution in [1.82, 2.24) is 0 Å². The molecule has 0 heterocycles. The van der Waals surface area contributed by atoms with Gasteiger partial charge in [0.2, 0.25) is 0 Å². The number of rotatable bonds is 0. The highest BCUT2D eigenvalue weighted by Crippen LogP contribution is 2.12. The molecule has 0 amide bonds. The first-order valence-corrected chi connectivity index (χ1v) is 5.75. The van der Waals surface area contributed by atoms with Gasteiger partial charge in [-0.15, -0.1) is 0 Å². The van der Waals surface area contributed by atoms with Crippen LogP contribution in [0, 0.1) is 0 Å². The van der Waals surface area contributed by atoms with Crippen LogP contribution in [-0.4, -0.2) is 0 Å². The molecule has 0 spiro atoms. The van der Waals surface area contributed by atoms with E-state index in [2.05, 4.69) is 38.2 Å². The Morgan fingerprint density at radius 2 is 1.14 bits per heavy atom. The Hall–Kier alpha value is -0.780. The van der Waals surface area contributed by atoms with Gasteiger partial charge in [0.05, 0.1) is 0 Å². The molecular weight excluding hydrogens is 168 g/mol. The minimum absolute atomic E-state index is 1.21. The van der Waals surface area contributed by atoms with Crippen LogP contribution in [-0.2, 0) is 0 Å². The first-order valence-electron chi connectivity index (χ1n) is 5.75. The largest absolute Gasteiger partial charge is 0.0882 e. The van der Waals surface area contributed by atoms with Gasteiger partial charge in [0, 0.05) is 0 Å². The quantitative estimate of drug-likeness (QED) is 0.482. The highest BCUT2D eigenvalue weighted by Gasteiger charge is 1.92. The molecule has 0 N–H and O–H groups in total. The molecule has 0 aromatic rings. The van der Waals surface area contributed by atoms with Crippen molar-refractivity contribution in [1.29, 1.82) is 0 Å². The first-order chi connectivity index (χ1) is 6.79. The Bertz CT molecular complexity index is 215. The summed E-state index contributed by atoms with van der Waals surface area (Å²) in [5.41, 5.74) is 3.09. The normalized spacial score (nSPS) is 30.1. The van der Waals surface area contributed by atoms with Crippen LogP contribution in [0.5, 0.6) is 0 Å². The fraction of sp³-hybridized carbons (Fsp3) is 0.571. The minimum atomic E-state index is 1.21. The molecule has 0 saturated carbocycles. The summed E-state index contributed by atoms with van der Waals surface area (Å²) in [7, 11) is 0. The zero-order chi connectivity index (χ0) is 10.2. The maximum atomic E-state index is 2.39. The Morgan fingerprint density at radius 1 is 0.714 bits per heavy atom. The van der Waals surface area contributed by atoms with E-state index in [-0.39, 0.29) is 0 Å². The van der Waals surface area contributed by atoms with E-state index in [1.54, 1.807) is 11.1 Å². The molecule has 0 aliphatic heterocycles. The summed E-state index contributed by atoms with van der Waals surface area (Å²) in [4.78, 5) is 0. The molecule has 0 saturated heterocycles. The van der Waals surface area contributed by atoms with Gasteiger partial charge in [0.15, 0.2) is 0 Å². The van der Waals surface area contributed by atoms with Crippen molar-refractivity contribution in [2.45, 2.75) is 52.4 Å². The summed E-state index contributed by atoms with van der Waals surface area (Å²) in [6.07, 6.45) is 16.8. The Kier molecular flexibility index (Phi) is 5.36. The molecule has 1 rings (SSSR count). The van der Waals surface area contributed by atoms with Gasteiger partial charge >= 0.3 is 0 Å². The van der Waals surface area contributed by atoms with Crippen molar-refractivity contribution in [2.24, 2.45) is 0 Å². The van der Waals surface area contributed by atoms with Crippen LogP contribution in [0.4, 0.5) is 0 Å². The van der Waals surface area contributed by atoms with Crippen LogP contribution in [0.15, 0.2) is 35.5 Å². The molecule has 0 bridgehead atoms. The lowest BCUT2D eigenvalue weighted by molar-refractivity contribution is 0.899. The monoisotopic (exact) mass is 190 g/mol. The fourth-order valence-corrected chi connectivity index (χ4v) is 1.72. The van der Waals surface area contributed by atoms with Gasteiger partial charge in [-0.25, -0.2) is 0 Å². The molecule has 14 heavy (non-hydrogen) atoms. The van der Waals surface area contributed by atoms with E-state index in [1.807, 2.05) is 0 Å². The van der Waals surface area contributed by atoms with Crippen molar-refractivity contribution < 1.29 is 0 Å². The third-order valence-electron chi connectivity index (χ3n) is 2.73. The molecular formula is C14H22. The molecule has 0 nitrogen and oxygen atoms in total. The van der Waals surface area contributed by atoms with Gasteiger partial charge in [0.1, 0.15) is 0 Å². The second-order valence-corrected chi connectivity index (χ2v) is 4.23. The Labute approximate surface area is 88.4 Å². The molecule has 1 aliphatic rings. The average molecular weight is 190 g/mol. The summed E-state index contributed by atoms with van der Waals surface area (Å²) >= 11 is 0. The second-order valence-electron chi connectivity index (χ2n) is 4.23. The van der Waals surface area contributed by atoms with Gasteiger partial charge in [-0.3, -0.25) is 0 Å². The van der Waals surface area contributed by atoms with Gasteiger partial charge in [-0.2, -0.15) is 0 Å². The van der Waals surface area contributed by atoms with E-state index in [0.717, 1.165) is 0 Å². The van der Waals surface area contributed by atoms with Gasteiger partial charge in [-0.05, 0) is 52.4 Å². The molecule has 0 heteroatoms. The lowest BCUT2D eigenvalue weighted by Crippen LogP contribution is -1.81. The predicted molar refractivity (Wildman–Crippen MR) is 64.4 cm³/mol. The van der Waals surface area contributed by atoms with Gasteiger partial charge < -0.3 is 0 Å². The topological polar surface area (TPSA) is 0 Å². The third-order valence-corrected chi connectivity index (χ3v) is 2.73. The van der Waals surface area contributed by atoms with E-state index >= 15 is 0 Å². The molecule has 78 valence electrons. The second kappa shape index (κ2) is 6.64. The van der Waals surface area contributed by atoms with Crippen molar-refractivity contribution in [3.63, 3.8) is 0 Å². The molecule has 0 fully saturated rings. The number of allylic oxidation sites excluding steroid dienone is 6. The predicted octanol–water partition coefficient (Wildman–Crippen LogP) is 4.79. The zero-order valence-electron chi connectivity index (χ0n) is 9.55. The molecule has 0 aromatic carbocycles. The maximum Gasteiger partial charge on any atom is -0.0288 e. The Balaban J connectivity index is 2.52. The first kappa shape index (κ1) is 11.3. The number of hydrogen-bond donors (Lipinski definition) is 0. The molecule has 1 aliphatic carbocycles. The van der Waals surface area contributed by atoms with Crippen LogP contribution in [0.2, 0.25) is 0 Å². The van der Waals surface area contributed by atoms with Crippen LogP contribution in [0.1, 0.15) is 52.4 Å². The summed E-state index contributed by atoms with van der Waals surface area (Å²) in [6, 6.07) is 0. The van der Waals surface area contributed by atoms with E-state index in [4.69, 9.17) is 0 Å².